The lowest BCUT2D eigenvalue weighted by Gasteiger charge is -2.28. The zero-order valence-corrected chi connectivity index (χ0v) is 28.1. The molecule has 0 heterocycles. The van der Waals surface area contributed by atoms with Crippen molar-refractivity contribution in [3.05, 3.63) is 70.2 Å². The maximum atomic E-state index is 13.9. The lowest BCUT2D eigenvalue weighted by Crippen LogP contribution is -2.31. The number of ketones is 2. The van der Waals surface area contributed by atoms with Gasteiger partial charge in [-0.25, -0.2) is 9.59 Å². The van der Waals surface area contributed by atoms with Gasteiger partial charge in [0.25, 0.3) is 0 Å². The molecule has 16 nitrogen and oxygen atoms in total. The topological polar surface area (TPSA) is 217 Å². The van der Waals surface area contributed by atoms with Gasteiger partial charge in [0.15, 0.2) is 47.7 Å². The molecule has 1 aliphatic carbocycles. The molecule has 0 bridgehead atoms. The predicted molar refractivity (Wildman–Crippen MR) is 169 cm³/mol. The molecule has 0 aliphatic heterocycles. The monoisotopic (exact) mass is 700 g/mol. The Kier molecular flexibility index (Phi) is 13.3. The number of esters is 4. The fraction of sp³-hybridized carbons (Fsp3) is 0.353. The van der Waals surface area contributed by atoms with Crippen LogP contribution in [0.15, 0.2) is 59.1 Å². The summed E-state index contributed by atoms with van der Waals surface area (Å²) < 4.78 is 40.3. The third-order valence-electron chi connectivity index (χ3n) is 7.65. The van der Waals surface area contributed by atoms with Crippen LogP contribution >= 0.6 is 0 Å². The minimum absolute atomic E-state index is 0.0579. The molecule has 2 atom stereocenters. The summed E-state index contributed by atoms with van der Waals surface area (Å²) in [6.45, 7) is -0.917. The van der Waals surface area contributed by atoms with E-state index < -0.39 is 96.0 Å². The number of Topliss-reactive ketones (excluding diaryl/α,β-unsaturated/α-hetero) is 2. The van der Waals surface area contributed by atoms with Gasteiger partial charge in [-0.15, -0.1) is 0 Å². The number of carbonyl (C=O) groups excluding carboxylic acids is 6. The number of hydrogen-bond acceptors (Lipinski definition) is 16. The fourth-order valence-electron chi connectivity index (χ4n) is 5.07. The number of carbonyl (C=O) groups is 6. The van der Waals surface area contributed by atoms with E-state index in [9.17, 15) is 39.0 Å². The molecular formula is C34H36O16. The Morgan fingerprint density at radius 1 is 0.540 bits per heavy atom. The Hall–Kier alpha value is -6.06. The first-order valence-corrected chi connectivity index (χ1v) is 14.7. The average molecular weight is 701 g/mol. The van der Waals surface area contributed by atoms with Gasteiger partial charge in [0, 0.05) is 11.8 Å². The molecule has 0 aromatic heterocycles. The average Bonchev–Trinajstić information content (AvgIpc) is 3.13. The Morgan fingerprint density at radius 2 is 0.880 bits per heavy atom. The predicted octanol–water partition coefficient (Wildman–Crippen LogP) is 2.58. The number of hydrogen-bond donors (Lipinski definition) is 2. The molecule has 2 aromatic carbocycles. The minimum Gasteiger partial charge on any atom is -0.504 e. The van der Waals surface area contributed by atoms with Gasteiger partial charge in [-0.1, -0.05) is 12.1 Å². The molecule has 3 rings (SSSR count). The molecule has 0 amide bonds. The SMILES string of the molecule is COC(=O)COc1ccc([C@H](CC(=O)OC)C2=C(O)C(=O)C([C@@H](CC(=O)OC)c3ccc(OCC(=O)OC)c(OC)c3)=C(O)C2=O)cc1OC. The van der Waals surface area contributed by atoms with Crippen molar-refractivity contribution >= 4 is 35.4 Å². The molecular weight excluding hydrogens is 664 g/mol. The quantitative estimate of drug-likeness (QED) is 0.146. The summed E-state index contributed by atoms with van der Waals surface area (Å²) in [5, 5.41) is 22.7. The van der Waals surface area contributed by atoms with Crippen LogP contribution in [0.2, 0.25) is 0 Å². The summed E-state index contributed by atoms with van der Waals surface area (Å²) in [5.74, 6) is -10.1. The second kappa shape index (κ2) is 17.4. The zero-order valence-electron chi connectivity index (χ0n) is 28.1. The molecule has 1 aliphatic rings. The van der Waals surface area contributed by atoms with Crippen molar-refractivity contribution < 1.29 is 76.9 Å². The highest BCUT2D eigenvalue weighted by Gasteiger charge is 2.43. The maximum Gasteiger partial charge on any atom is 0.343 e. The van der Waals surface area contributed by atoms with Crippen LogP contribution in [0.4, 0.5) is 0 Å². The van der Waals surface area contributed by atoms with Gasteiger partial charge in [0.2, 0.25) is 11.6 Å². The smallest absolute Gasteiger partial charge is 0.343 e. The molecule has 0 spiro atoms. The van der Waals surface area contributed by atoms with Gasteiger partial charge in [-0.3, -0.25) is 19.2 Å². The van der Waals surface area contributed by atoms with Crippen LogP contribution in [0, 0.1) is 0 Å². The van der Waals surface area contributed by atoms with E-state index in [-0.39, 0.29) is 34.1 Å². The molecule has 268 valence electrons. The van der Waals surface area contributed by atoms with Crippen LogP contribution in [0.3, 0.4) is 0 Å². The van der Waals surface area contributed by atoms with Crippen molar-refractivity contribution in [3.63, 3.8) is 0 Å². The van der Waals surface area contributed by atoms with Gasteiger partial charge >= 0.3 is 23.9 Å². The molecule has 2 N–H and O–H groups in total. The molecule has 0 fully saturated rings. The molecule has 16 heteroatoms. The van der Waals surface area contributed by atoms with Crippen molar-refractivity contribution in [3.8, 4) is 23.0 Å². The Balaban J connectivity index is 2.14. The lowest BCUT2D eigenvalue weighted by atomic mass is 9.75. The van der Waals surface area contributed by atoms with Crippen LogP contribution in [-0.2, 0) is 47.7 Å². The van der Waals surface area contributed by atoms with E-state index in [1.54, 1.807) is 0 Å². The number of benzene rings is 2. The maximum absolute atomic E-state index is 13.9. The van der Waals surface area contributed by atoms with Crippen LogP contribution in [0.25, 0.3) is 0 Å². The first-order chi connectivity index (χ1) is 23.8. The normalized spacial score (nSPS) is 14.0. The van der Waals surface area contributed by atoms with E-state index in [4.69, 9.17) is 28.4 Å². The van der Waals surface area contributed by atoms with E-state index in [0.29, 0.717) is 0 Å². The Morgan fingerprint density at radius 3 is 1.18 bits per heavy atom. The van der Waals surface area contributed by atoms with Crippen molar-refractivity contribution in [2.24, 2.45) is 0 Å². The second-order valence-corrected chi connectivity index (χ2v) is 10.4. The molecule has 0 saturated carbocycles. The van der Waals surface area contributed by atoms with Crippen molar-refractivity contribution in [1.82, 2.24) is 0 Å². The standard InChI is InChI=1S/C34H36O16/c1-43-23-11-17(7-9-21(23)49-15-27(37)47-5)19(13-25(35)45-3)29-31(39)33(41)30(34(42)32(29)40)20(14-26(36)46-4)18-8-10-22(24(12-18)44-2)50-16-28(38)48-6/h7-12,19-20,39,42H,13-16H2,1-6H3/t19-,20-/m0/s1. The van der Waals surface area contributed by atoms with Crippen molar-refractivity contribution in [2.75, 3.05) is 55.9 Å². The van der Waals surface area contributed by atoms with Crippen LogP contribution in [-0.4, -0.2) is 102 Å². The van der Waals surface area contributed by atoms with Gasteiger partial charge in [0.05, 0.1) is 66.6 Å². The van der Waals surface area contributed by atoms with Gasteiger partial charge < -0.3 is 48.1 Å². The molecule has 0 saturated heterocycles. The Bertz CT molecular complexity index is 1590. The van der Waals surface area contributed by atoms with Crippen LogP contribution in [0.1, 0.15) is 35.8 Å². The molecule has 0 radical (unpaired) electrons. The third kappa shape index (κ3) is 8.69. The molecule has 50 heavy (non-hydrogen) atoms. The Labute approximate surface area is 286 Å². The summed E-state index contributed by atoms with van der Waals surface area (Å²) in [4.78, 5) is 76.1. The van der Waals surface area contributed by atoms with Crippen molar-refractivity contribution in [1.29, 1.82) is 0 Å². The number of allylic oxidation sites excluding steroid dienone is 2. The van der Waals surface area contributed by atoms with Gasteiger partial charge in [-0.05, 0) is 35.4 Å². The van der Waals surface area contributed by atoms with E-state index in [1.807, 2.05) is 0 Å². The van der Waals surface area contributed by atoms with E-state index >= 15 is 0 Å². The second-order valence-electron chi connectivity index (χ2n) is 10.4. The summed E-state index contributed by atoms with van der Waals surface area (Å²) in [6, 6.07) is 8.23. The number of aliphatic hydroxyl groups excluding tert-OH is 2. The number of aliphatic hydroxyl groups is 2. The van der Waals surface area contributed by atoms with E-state index in [1.165, 1.54) is 64.8 Å². The summed E-state index contributed by atoms with van der Waals surface area (Å²) in [6.07, 6.45) is -1.14. The first-order valence-electron chi connectivity index (χ1n) is 14.7. The lowest BCUT2D eigenvalue weighted by molar-refractivity contribution is -0.143. The van der Waals surface area contributed by atoms with Gasteiger partial charge in [-0.2, -0.15) is 0 Å². The van der Waals surface area contributed by atoms with E-state index in [0.717, 1.165) is 14.2 Å². The summed E-state index contributed by atoms with van der Waals surface area (Å²) in [5.41, 5.74) is -0.939. The summed E-state index contributed by atoms with van der Waals surface area (Å²) in [7, 11) is 7.13. The highest BCUT2D eigenvalue weighted by Crippen LogP contribution is 2.43. The van der Waals surface area contributed by atoms with Crippen LogP contribution < -0.4 is 18.9 Å². The van der Waals surface area contributed by atoms with Gasteiger partial charge in [0.1, 0.15) is 0 Å². The number of rotatable bonds is 16. The summed E-state index contributed by atoms with van der Waals surface area (Å²) >= 11 is 0. The number of methoxy groups -OCH3 is 6. The highest BCUT2D eigenvalue weighted by molar-refractivity contribution is 6.24. The van der Waals surface area contributed by atoms with Crippen molar-refractivity contribution in [2.45, 2.75) is 24.7 Å². The molecule has 0 unspecified atom stereocenters. The first kappa shape index (κ1) is 38.4. The molecule has 2 aromatic rings. The zero-order chi connectivity index (χ0) is 37.1. The fourth-order valence-corrected chi connectivity index (χ4v) is 5.07. The largest absolute Gasteiger partial charge is 0.504 e. The highest BCUT2D eigenvalue weighted by atomic mass is 16.6. The third-order valence-corrected chi connectivity index (χ3v) is 7.65. The number of ether oxygens (including phenoxy) is 8. The van der Waals surface area contributed by atoms with E-state index in [2.05, 4.69) is 9.47 Å². The van der Waals surface area contributed by atoms with Crippen LogP contribution in [0.5, 0.6) is 23.0 Å². The minimum atomic E-state index is -1.36.